The summed E-state index contributed by atoms with van der Waals surface area (Å²) >= 11 is 0. The third-order valence-corrected chi connectivity index (χ3v) is 2.37. The normalized spacial score (nSPS) is 9.88. The Morgan fingerprint density at radius 1 is 1.25 bits per heavy atom. The highest BCUT2D eigenvalue weighted by Crippen LogP contribution is 2.10. The van der Waals surface area contributed by atoms with Crippen LogP contribution < -0.4 is 4.74 Å². The number of unbranched alkanes of at least 4 members (excludes halogenated alkanes) is 1. The molecule has 0 saturated carbocycles. The van der Waals surface area contributed by atoms with E-state index in [1.54, 1.807) is 17.0 Å². The van der Waals surface area contributed by atoms with Crippen LogP contribution in [0.4, 0.5) is 4.79 Å². The molecule has 16 heavy (non-hydrogen) atoms. The molecule has 0 aliphatic carbocycles. The molecule has 0 bridgehead atoms. The van der Waals surface area contributed by atoms with Crippen LogP contribution in [0.25, 0.3) is 0 Å². The number of para-hydroxylation sites is 1. The molecule has 0 atom stereocenters. The highest BCUT2D eigenvalue weighted by Gasteiger charge is 2.12. The van der Waals surface area contributed by atoms with Crippen molar-refractivity contribution in [2.24, 2.45) is 0 Å². The molecule has 0 aliphatic heterocycles. The molecule has 0 heterocycles. The van der Waals surface area contributed by atoms with Gasteiger partial charge in [0.15, 0.2) is 0 Å². The highest BCUT2D eigenvalue weighted by molar-refractivity contribution is 5.70. The smallest absolute Gasteiger partial charge is 0.410 e. The third kappa shape index (κ3) is 3.93. The van der Waals surface area contributed by atoms with E-state index in [9.17, 15) is 4.79 Å². The molecule has 1 amide bonds. The molecule has 3 heteroatoms. The van der Waals surface area contributed by atoms with Crippen molar-refractivity contribution in [3.05, 3.63) is 30.3 Å². The number of carbonyl (C=O) groups is 1. The van der Waals surface area contributed by atoms with E-state index in [1.165, 1.54) is 0 Å². The summed E-state index contributed by atoms with van der Waals surface area (Å²) in [5.74, 6) is 0.599. The van der Waals surface area contributed by atoms with Crippen LogP contribution in [0.15, 0.2) is 30.3 Å². The Hall–Kier alpha value is -1.51. The predicted octanol–water partition coefficient (Wildman–Crippen LogP) is 3.31. The lowest BCUT2D eigenvalue weighted by atomic mass is 10.3. The first-order valence-electron chi connectivity index (χ1n) is 5.79. The van der Waals surface area contributed by atoms with Gasteiger partial charge in [0.05, 0.1) is 0 Å². The average molecular weight is 221 g/mol. The van der Waals surface area contributed by atoms with E-state index in [4.69, 9.17) is 4.74 Å². The second-order valence-electron chi connectivity index (χ2n) is 3.61. The summed E-state index contributed by atoms with van der Waals surface area (Å²) in [7, 11) is 0. The minimum atomic E-state index is -0.262. The zero-order chi connectivity index (χ0) is 11.8. The molecule has 0 radical (unpaired) electrons. The van der Waals surface area contributed by atoms with Crippen molar-refractivity contribution in [1.29, 1.82) is 0 Å². The highest BCUT2D eigenvalue weighted by atomic mass is 16.6. The molecule has 1 aromatic rings. The van der Waals surface area contributed by atoms with E-state index in [-0.39, 0.29) is 6.09 Å². The molecular formula is C13H19NO2. The maximum absolute atomic E-state index is 11.8. The molecule has 0 aliphatic rings. The van der Waals surface area contributed by atoms with E-state index in [2.05, 4.69) is 6.92 Å². The third-order valence-electron chi connectivity index (χ3n) is 2.37. The van der Waals surface area contributed by atoms with Gasteiger partial charge in [-0.3, -0.25) is 0 Å². The van der Waals surface area contributed by atoms with Gasteiger partial charge in [0.2, 0.25) is 0 Å². The Balaban J connectivity index is 2.49. The molecule has 1 aromatic carbocycles. The van der Waals surface area contributed by atoms with Crippen molar-refractivity contribution in [2.75, 3.05) is 13.1 Å². The Kier molecular flexibility index (Phi) is 5.40. The molecule has 0 aromatic heterocycles. The number of hydrogen-bond donors (Lipinski definition) is 0. The summed E-state index contributed by atoms with van der Waals surface area (Å²) in [5.41, 5.74) is 0. The zero-order valence-corrected chi connectivity index (χ0v) is 9.98. The van der Waals surface area contributed by atoms with E-state index in [0.717, 1.165) is 19.4 Å². The Labute approximate surface area is 97.0 Å². The second kappa shape index (κ2) is 6.88. The predicted molar refractivity (Wildman–Crippen MR) is 64.6 cm³/mol. The molecule has 0 saturated heterocycles. The van der Waals surface area contributed by atoms with Crippen LogP contribution in [0.5, 0.6) is 5.75 Å². The van der Waals surface area contributed by atoms with Gasteiger partial charge in [-0.1, -0.05) is 31.5 Å². The van der Waals surface area contributed by atoms with Crippen molar-refractivity contribution in [2.45, 2.75) is 26.7 Å². The van der Waals surface area contributed by atoms with Crippen LogP contribution in [0.2, 0.25) is 0 Å². The fourth-order valence-electron chi connectivity index (χ4n) is 1.38. The molecule has 0 fully saturated rings. The van der Waals surface area contributed by atoms with Gasteiger partial charge in [-0.15, -0.1) is 0 Å². The minimum Gasteiger partial charge on any atom is -0.410 e. The molecule has 0 spiro atoms. The number of carbonyl (C=O) groups excluding carboxylic acids is 1. The van der Waals surface area contributed by atoms with Gasteiger partial charge in [0.25, 0.3) is 0 Å². The van der Waals surface area contributed by atoms with E-state index in [0.29, 0.717) is 12.3 Å². The SMILES string of the molecule is CCCCN(CC)C(=O)Oc1ccccc1. The summed E-state index contributed by atoms with van der Waals surface area (Å²) in [6.07, 6.45) is 1.83. The van der Waals surface area contributed by atoms with Crippen LogP contribution >= 0.6 is 0 Å². The number of ether oxygens (including phenoxy) is 1. The Bertz CT molecular complexity index is 311. The first kappa shape index (κ1) is 12.6. The lowest BCUT2D eigenvalue weighted by molar-refractivity contribution is 0.154. The van der Waals surface area contributed by atoms with E-state index in [1.807, 2.05) is 25.1 Å². The van der Waals surface area contributed by atoms with Crippen molar-refractivity contribution in [3.8, 4) is 5.75 Å². The monoisotopic (exact) mass is 221 g/mol. The topological polar surface area (TPSA) is 29.5 Å². The minimum absolute atomic E-state index is 0.262. The van der Waals surface area contributed by atoms with Crippen molar-refractivity contribution in [3.63, 3.8) is 0 Å². The summed E-state index contributed by atoms with van der Waals surface area (Å²) in [4.78, 5) is 13.5. The second-order valence-corrected chi connectivity index (χ2v) is 3.61. The molecule has 0 unspecified atom stereocenters. The lowest BCUT2D eigenvalue weighted by Crippen LogP contribution is -2.34. The van der Waals surface area contributed by atoms with Crippen molar-refractivity contribution < 1.29 is 9.53 Å². The molecule has 88 valence electrons. The first-order chi connectivity index (χ1) is 7.77. The van der Waals surface area contributed by atoms with Crippen LogP contribution in [0, 0.1) is 0 Å². The number of rotatable bonds is 5. The van der Waals surface area contributed by atoms with Crippen molar-refractivity contribution >= 4 is 6.09 Å². The summed E-state index contributed by atoms with van der Waals surface area (Å²) in [6.45, 7) is 5.52. The molecule has 3 nitrogen and oxygen atoms in total. The van der Waals surface area contributed by atoms with Gasteiger partial charge in [0, 0.05) is 13.1 Å². The van der Waals surface area contributed by atoms with Gasteiger partial charge in [0.1, 0.15) is 5.75 Å². The first-order valence-corrected chi connectivity index (χ1v) is 5.79. The number of hydrogen-bond acceptors (Lipinski definition) is 2. The fraction of sp³-hybridized carbons (Fsp3) is 0.462. The lowest BCUT2D eigenvalue weighted by Gasteiger charge is -2.19. The quantitative estimate of drug-likeness (QED) is 0.763. The summed E-state index contributed by atoms with van der Waals surface area (Å²) < 4.78 is 5.25. The van der Waals surface area contributed by atoms with Crippen molar-refractivity contribution in [1.82, 2.24) is 4.90 Å². The van der Waals surface area contributed by atoms with Gasteiger partial charge >= 0.3 is 6.09 Å². The maximum atomic E-state index is 11.8. The van der Waals surface area contributed by atoms with Gasteiger partial charge < -0.3 is 9.64 Å². The zero-order valence-electron chi connectivity index (χ0n) is 9.98. The maximum Gasteiger partial charge on any atom is 0.415 e. The van der Waals surface area contributed by atoms with Crippen LogP contribution in [-0.4, -0.2) is 24.1 Å². The van der Waals surface area contributed by atoms with Gasteiger partial charge in [-0.05, 0) is 25.5 Å². The Morgan fingerprint density at radius 3 is 2.50 bits per heavy atom. The summed E-state index contributed by atoms with van der Waals surface area (Å²) in [6, 6.07) is 9.17. The van der Waals surface area contributed by atoms with Crippen LogP contribution in [0.3, 0.4) is 0 Å². The number of benzene rings is 1. The molecular weight excluding hydrogens is 202 g/mol. The molecule has 0 N–H and O–H groups in total. The standard InChI is InChI=1S/C13H19NO2/c1-3-5-11-14(4-2)13(15)16-12-9-7-6-8-10-12/h6-10H,3-5,11H2,1-2H3. The summed E-state index contributed by atoms with van der Waals surface area (Å²) in [5, 5.41) is 0. The van der Waals surface area contributed by atoms with E-state index >= 15 is 0 Å². The molecule has 1 rings (SSSR count). The number of nitrogens with zero attached hydrogens (tertiary/aromatic N) is 1. The average Bonchev–Trinajstić information content (AvgIpc) is 2.31. The van der Waals surface area contributed by atoms with Crippen LogP contribution in [0.1, 0.15) is 26.7 Å². The largest absolute Gasteiger partial charge is 0.415 e. The van der Waals surface area contributed by atoms with E-state index < -0.39 is 0 Å². The Morgan fingerprint density at radius 2 is 1.94 bits per heavy atom. The van der Waals surface area contributed by atoms with Crippen LogP contribution in [-0.2, 0) is 0 Å². The fourth-order valence-corrected chi connectivity index (χ4v) is 1.38. The van der Waals surface area contributed by atoms with Gasteiger partial charge in [-0.2, -0.15) is 0 Å². The van der Waals surface area contributed by atoms with Gasteiger partial charge in [-0.25, -0.2) is 4.79 Å². The number of amides is 1.